The molecule has 5 rings (SSSR count). The third-order valence-electron chi connectivity index (χ3n) is 7.09. The van der Waals surface area contributed by atoms with Crippen molar-refractivity contribution in [2.45, 2.75) is 44.2 Å². The van der Waals surface area contributed by atoms with Crippen LogP contribution in [0.3, 0.4) is 0 Å². The zero-order valence-corrected chi connectivity index (χ0v) is 22.9. The summed E-state index contributed by atoms with van der Waals surface area (Å²) in [5.74, 6) is 0.111. The topological polar surface area (TPSA) is 180 Å². The van der Waals surface area contributed by atoms with Crippen LogP contribution >= 0.6 is 0 Å². The lowest BCUT2D eigenvalue weighted by molar-refractivity contribution is -0.285. The molecule has 2 aliphatic heterocycles. The van der Waals surface area contributed by atoms with E-state index >= 15 is 0 Å². The van der Waals surface area contributed by atoms with Gasteiger partial charge < -0.3 is 53.6 Å². The first kappa shape index (κ1) is 29.4. The van der Waals surface area contributed by atoms with E-state index in [1.165, 1.54) is 21.1 Å². The summed E-state index contributed by atoms with van der Waals surface area (Å²) in [5.41, 5.74) is 1.03. The molecular formula is C29H30O13. The Hall–Kier alpha value is -4.14. The molecule has 0 radical (unpaired) electrons. The van der Waals surface area contributed by atoms with E-state index in [0.717, 1.165) is 0 Å². The fourth-order valence-corrected chi connectivity index (χ4v) is 4.99. The molecule has 0 amide bonds. The van der Waals surface area contributed by atoms with Crippen LogP contribution in [0.15, 0.2) is 36.4 Å². The van der Waals surface area contributed by atoms with Crippen LogP contribution in [0, 0.1) is 0 Å². The summed E-state index contributed by atoms with van der Waals surface area (Å²) < 4.78 is 38.2. The van der Waals surface area contributed by atoms with Crippen molar-refractivity contribution >= 4 is 22.7 Å². The molecule has 0 bridgehead atoms. The molecule has 5 atom stereocenters. The molecule has 4 N–H and O–H groups in total. The number of hydrogen-bond donors (Lipinski definition) is 4. The lowest BCUT2D eigenvalue weighted by Gasteiger charge is -2.39. The Morgan fingerprint density at radius 3 is 2.33 bits per heavy atom. The van der Waals surface area contributed by atoms with Crippen molar-refractivity contribution in [1.29, 1.82) is 0 Å². The molecule has 1 fully saturated rings. The standard InChI is InChI=1S/C29H30O13/c1-13(31)38-11-16-6-15-8-19(36-2)20(37-3)9-17(15)23(14-4-5-18-21(7-14)40-12-39-18)24(16)28(35)42-29-27(34)26(33)25(32)22(10-30)41-29/h4-9,22,25-27,29-30,32-34H,10-12H2,1-3H3/t22-,25-,26+,27-,29+/m1/s1. The van der Waals surface area contributed by atoms with Gasteiger partial charge in [-0.15, -0.1) is 0 Å². The van der Waals surface area contributed by atoms with E-state index in [2.05, 4.69) is 0 Å². The first-order valence-corrected chi connectivity index (χ1v) is 12.9. The minimum atomic E-state index is -1.83. The number of aliphatic hydroxyl groups excluding tert-OH is 4. The van der Waals surface area contributed by atoms with Crippen LogP contribution in [0.1, 0.15) is 22.8 Å². The van der Waals surface area contributed by atoms with Crippen LogP contribution in [0.25, 0.3) is 21.9 Å². The van der Waals surface area contributed by atoms with E-state index in [1.54, 1.807) is 36.4 Å². The van der Waals surface area contributed by atoms with E-state index in [9.17, 15) is 30.0 Å². The predicted molar refractivity (Wildman–Crippen MR) is 143 cm³/mol. The van der Waals surface area contributed by atoms with Gasteiger partial charge in [0.15, 0.2) is 23.0 Å². The third kappa shape index (κ3) is 5.40. The van der Waals surface area contributed by atoms with Gasteiger partial charge in [0.2, 0.25) is 13.1 Å². The Balaban J connectivity index is 1.72. The smallest absolute Gasteiger partial charge is 0.341 e. The van der Waals surface area contributed by atoms with Crippen molar-refractivity contribution in [2.24, 2.45) is 0 Å². The molecule has 1 saturated heterocycles. The van der Waals surface area contributed by atoms with Gasteiger partial charge in [0.25, 0.3) is 0 Å². The lowest BCUT2D eigenvalue weighted by atomic mass is 9.89. The van der Waals surface area contributed by atoms with Gasteiger partial charge >= 0.3 is 11.9 Å². The zero-order valence-electron chi connectivity index (χ0n) is 22.9. The number of esters is 2. The molecule has 13 nitrogen and oxygen atoms in total. The molecule has 3 aromatic carbocycles. The lowest BCUT2D eigenvalue weighted by Crippen LogP contribution is -2.59. The van der Waals surface area contributed by atoms with Gasteiger partial charge in [0, 0.05) is 18.1 Å². The number of ether oxygens (including phenoxy) is 7. The van der Waals surface area contributed by atoms with E-state index in [4.69, 9.17) is 33.2 Å². The summed E-state index contributed by atoms with van der Waals surface area (Å²) in [6.45, 7) is 0.204. The normalized spacial score (nSPS) is 23.0. The van der Waals surface area contributed by atoms with Gasteiger partial charge in [-0.1, -0.05) is 6.07 Å². The predicted octanol–water partition coefficient (Wildman–Crippen LogP) is 1.27. The average Bonchev–Trinajstić information content (AvgIpc) is 3.46. The maximum atomic E-state index is 14.0. The summed E-state index contributed by atoms with van der Waals surface area (Å²) in [7, 11) is 2.95. The quantitative estimate of drug-likeness (QED) is 0.278. The molecule has 0 aromatic heterocycles. The van der Waals surface area contributed by atoms with Crippen LogP contribution in [0.5, 0.6) is 23.0 Å². The number of fused-ring (bicyclic) bond motifs is 2. The molecular weight excluding hydrogens is 556 g/mol. The van der Waals surface area contributed by atoms with E-state index in [-0.39, 0.29) is 24.5 Å². The number of hydrogen-bond acceptors (Lipinski definition) is 13. The average molecular weight is 587 g/mol. The van der Waals surface area contributed by atoms with Crippen LogP contribution in [0.2, 0.25) is 0 Å². The summed E-state index contributed by atoms with van der Waals surface area (Å²) in [6.07, 6.45) is -8.30. The van der Waals surface area contributed by atoms with E-state index < -0.39 is 49.3 Å². The Labute approximate surface area is 239 Å². The van der Waals surface area contributed by atoms with Gasteiger partial charge in [0.1, 0.15) is 31.0 Å². The van der Waals surface area contributed by atoms with Crippen molar-refractivity contribution in [2.75, 3.05) is 27.6 Å². The molecule has 2 heterocycles. The number of methoxy groups -OCH3 is 2. The molecule has 0 aliphatic carbocycles. The molecule has 224 valence electrons. The molecule has 0 saturated carbocycles. The summed E-state index contributed by atoms with van der Waals surface area (Å²) in [5, 5.41) is 41.6. The second-order valence-corrected chi connectivity index (χ2v) is 9.66. The highest BCUT2D eigenvalue weighted by molar-refractivity contribution is 6.10. The third-order valence-corrected chi connectivity index (χ3v) is 7.09. The molecule has 13 heteroatoms. The van der Waals surface area contributed by atoms with Crippen LogP contribution in [0.4, 0.5) is 0 Å². The zero-order chi connectivity index (χ0) is 30.1. The largest absolute Gasteiger partial charge is 0.493 e. The molecule has 42 heavy (non-hydrogen) atoms. The van der Waals surface area contributed by atoms with Crippen LogP contribution < -0.4 is 18.9 Å². The highest BCUT2D eigenvalue weighted by Crippen LogP contribution is 2.44. The molecule has 3 aromatic rings. The first-order chi connectivity index (χ1) is 20.2. The minimum absolute atomic E-state index is 0.0169. The number of aliphatic hydroxyl groups is 4. The van der Waals surface area contributed by atoms with E-state index in [1.807, 2.05) is 0 Å². The second-order valence-electron chi connectivity index (χ2n) is 9.66. The maximum absolute atomic E-state index is 14.0. The molecule has 0 unspecified atom stereocenters. The summed E-state index contributed by atoms with van der Waals surface area (Å²) >= 11 is 0. The number of carbonyl (C=O) groups excluding carboxylic acids is 2. The van der Waals surface area contributed by atoms with E-state index in [0.29, 0.717) is 44.9 Å². The first-order valence-electron chi connectivity index (χ1n) is 12.9. The minimum Gasteiger partial charge on any atom is -0.493 e. The highest BCUT2D eigenvalue weighted by atomic mass is 16.7. The number of rotatable bonds is 8. The van der Waals surface area contributed by atoms with Crippen molar-refractivity contribution in [1.82, 2.24) is 0 Å². The van der Waals surface area contributed by atoms with Crippen molar-refractivity contribution in [3.8, 4) is 34.1 Å². The maximum Gasteiger partial charge on any atom is 0.341 e. The second kappa shape index (κ2) is 12.0. The van der Waals surface area contributed by atoms with Gasteiger partial charge in [-0.3, -0.25) is 4.79 Å². The number of benzene rings is 3. The van der Waals surface area contributed by atoms with Crippen molar-refractivity contribution < 1.29 is 63.2 Å². The molecule has 2 aliphatic rings. The monoisotopic (exact) mass is 586 g/mol. The van der Waals surface area contributed by atoms with Crippen LogP contribution in [-0.2, 0) is 25.6 Å². The van der Waals surface area contributed by atoms with Crippen molar-refractivity contribution in [3.05, 3.63) is 47.5 Å². The van der Waals surface area contributed by atoms with Gasteiger partial charge in [0.05, 0.1) is 26.4 Å². The summed E-state index contributed by atoms with van der Waals surface area (Å²) in [6, 6.07) is 10.1. The Kier molecular flexibility index (Phi) is 8.38. The Morgan fingerprint density at radius 1 is 0.929 bits per heavy atom. The number of carbonyl (C=O) groups is 2. The van der Waals surface area contributed by atoms with Gasteiger partial charge in [-0.2, -0.15) is 0 Å². The van der Waals surface area contributed by atoms with Crippen LogP contribution in [-0.4, -0.2) is 90.7 Å². The fraction of sp³-hybridized carbons (Fsp3) is 0.379. The fourth-order valence-electron chi connectivity index (χ4n) is 4.99. The summed E-state index contributed by atoms with van der Waals surface area (Å²) in [4.78, 5) is 25.8. The van der Waals surface area contributed by atoms with Gasteiger partial charge in [-0.05, 0) is 46.7 Å². The SMILES string of the molecule is COc1cc2cc(COC(C)=O)c(C(=O)O[C@@H]3O[C@H](CO)[C@@H](O)[C@H](O)[C@H]3O)c(-c3ccc4c(c3)OCO4)c2cc1OC. The Morgan fingerprint density at radius 2 is 1.64 bits per heavy atom. The Bertz CT molecular complexity index is 1500. The van der Waals surface area contributed by atoms with Gasteiger partial charge in [-0.25, -0.2) is 4.79 Å². The highest BCUT2D eigenvalue weighted by Gasteiger charge is 2.45. The van der Waals surface area contributed by atoms with Crippen molar-refractivity contribution in [3.63, 3.8) is 0 Å². The molecule has 0 spiro atoms.